The van der Waals surface area contributed by atoms with Crippen molar-refractivity contribution in [3.63, 3.8) is 0 Å². The van der Waals surface area contributed by atoms with Crippen molar-refractivity contribution in [3.05, 3.63) is 0 Å². The number of carbonyl (C=O) groups is 2. The molecule has 0 saturated heterocycles. The molecule has 0 spiro atoms. The van der Waals surface area contributed by atoms with Crippen LogP contribution in [0.1, 0.15) is 20.8 Å². The fraction of sp³-hybridized carbons (Fsp3) is 0.833. The Kier molecular flexibility index (Phi) is 9.45. The van der Waals surface area contributed by atoms with E-state index in [1.54, 1.807) is 20.8 Å². The maximum atomic E-state index is 11.2. The van der Waals surface area contributed by atoms with Gasteiger partial charge >= 0.3 is 5.97 Å². The number of rotatable bonds is 10. The number of esters is 1. The molecule has 0 radical (unpaired) electrons. The number of ether oxygens (including phenoxy) is 4. The first-order chi connectivity index (χ1) is 8.45. The van der Waals surface area contributed by atoms with Crippen LogP contribution < -0.4 is 0 Å². The first-order valence-electron chi connectivity index (χ1n) is 5.84. The number of hydrogen-bond donors (Lipinski definition) is 0. The standard InChI is InChI=1S/C12H22O6/c1-12(2,3)18-11(14)10-17-9-8-16-7-6-15-5-4-13/h4H,5-10H2,1-3H3. The molecule has 0 aliphatic carbocycles. The minimum atomic E-state index is -0.493. The Labute approximate surface area is 108 Å². The molecule has 0 aromatic carbocycles. The Morgan fingerprint density at radius 1 is 1.00 bits per heavy atom. The first kappa shape index (κ1) is 17.0. The highest BCUT2D eigenvalue weighted by Gasteiger charge is 2.15. The molecule has 106 valence electrons. The SMILES string of the molecule is CC(C)(C)OC(=O)COCCOCCOCC=O. The number of hydrogen-bond acceptors (Lipinski definition) is 6. The van der Waals surface area contributed by atoms with Crippen molar-refractivity contribution in [1.82, 2.24) is 0 Å². The van der Waals surface area contributed by atoms with Crippen LogP contribution >= 0.6 is 0 Å². The van der Waals surface area contributed by atoms with Gasteiger partial charge in [-0.3, -0.25) is 0 Å². The van der Waals surface area contributed by atoms with E-state index in [4.69, 9.17) is 18.9 Å². The average molecular weight is 262 g/mol. The minimum Gasteiger partial charge on any atom is -0.458 e. The topological polar surface area (TPSA) is 71.1 Å². The summed E-state index contributed by atoms with van der Waals surface area (Å²) >= 11 is 0. The summed E-state index contributed by atoms with van der Waals surface area (Å²) in [4.78, 5) is 21.1. The highest BCUT2D eigenvalue weighted by molar-refractivity contribution is 5.71. The molecular formula is C12H22O6. The normalized spacial score (nSPS) is 11.3. The van der Waals surface area contributed by atoms with Crippen LogP contribution in [0.5, 0.6) is 0 Å². The molecule has 18 heavy (non-hydrogen) atoms. The second-order valence-corrected chi connectivity index (χ2v) is 4.49. The van der Waals surface area contributed by atoms with Crippen molar-refractivity contribution in [2.24, 2.45) is 0 Å². The predicted octanol–water partition coefficient (Wildman–Crippen LogP) is 0.577. The van der Waals surface area contributed by atoms with E-state index in [9.17, 15) is 9.59 Å². The molecule has 0 aromatic heterocycles. The summed E-state index contributed by atoms with van der Waals surface area (Å²) in [6, 6.07) is 0. The lowest BCUT2D eigenvalue weighted by Crippen LogP contribution is -2.27. The second kappa shape index (κ2) is 9.99. The van der Waals surface area contributed by atoms with Gasteiger partial charge in [0.25, 0.3) is 0 Å². The minimum absolute atomic E-state index is 0.0811. The lowest BCUT2D eigenvalue weighted by atomic mass is 10.2. The zero-order valence-electron chi connectivity index (χ0n) is 11.3. The third-order valence-electron chi connectivity index (χ3n) is 1.57. The Hall–Kier alpha value is -0.980. The van der Waals surface area contributed by atoms with Crippen LogP contribution in [0.3, 0.4) is 0 Å². The third-order valence-corrected chi connectivity index (χ3v) is 1.57. The van der Waals surface area contributed by atoms with Crippen molar-refractivity contribution >= 4 is 12.3 Å². The molecule has 0 heterocycles. The summed E-state index contributed by atoms with van der Waals surface area (Å²) in [6.45, 7) is 6.84. The lowest BCUT2D eigenvalue weighted by Gasteiger charge is -2.19. The largest absolute Gasteiger partial charge is 0.458 e. The predicted molar refractivity (Wildman–Crippen MR) is 64.4 cm³/mol. The van der Waals surface area contributed by atoms with Gasteiger partial charge in [0.15, 0.2) is 0 Å². The van der Waals surface area contributed by atoms with Crippen molar-refractivity contribution < 1.29 is 28.5 Å². The number of aldehydes is 1. The summed E-state index contributed by atoms with van der Waals surface area (Å²) in [5, 5.41) is 0. The van der Waals surface area contributed by atoms with E-state index in [1.807, 2.05) is 0 Å². The van der Waals surface area contributed by atoms with E-state index >= 15 is 0 Å². The molecule has 0 atom stereocenters. The van der Waals surface area contributed by atoms with Gasteiger partial charge in [-0.15, -0.1) is 0 Å². The van der Waals surface area contributed by atoms with E-state index in [0.29, 0.717) is 32.7 Å². The summed E-state index contributed by atoms with van der Waals surface area (Å²) in [6.07, 6.45) is 0.684. The Morgan fingerprint density at radius 3 is 2.11 bits per heavy atom. The van der Waals surface area contributed by atoms with Gasteiger partial charge in [0.2, 0.25) is 0 Å². The molecule has 0 unspecified atom stereocenters. The van der Waals surface area contributed by atoms with Gasteiger partial charge in [-0.25, -0.2) is 4.79 Å². The maximum absolute atomic E-state index is 11.2. The van der Waals surface area contributed by atoms with Crippen molar-refractivity contribution in [3.8, 4) is 0 Å². The monoisotopic (exact) mass is 262 g/mol. The summed E-state index contributed by atoms with van der Waals surface area (Å²) in [5.41, 5.74) is -0.493. The first-order valence-corrected chi connectivity index (χ1v) is 5.84. The van der Waals surface area contributed by atoms with Crippen LogP contribution in [0.15, 0.2) is 0 Å². The summed E-state index contributed by atoms with van der Waals surface area (Å²) in [7, 11) is 0. The van der Waals surface area contributed by atoms with E-state index < -0.39 is 11.6 Å². The van der Waals surface area contributed by atoms with E-state index in [0.717, 1.165) is 0 Å². The summed E-state index contributed by atoms with van der Waals surface area (Å²) in [5.74, 6) is -0.392. The molecule has 0 rings (SSSR count). The molecule has 0 fully saturated rings. The van der Waals surface area contributed by atoms with Gasteiger partial charge in [0.1, 0.15) is 25.1 Å². The Morgan fingerprint density at radius 2 is 1.56 bits per heavy atom. The van der Waals surface area contributed by atoms with Crippen LogP contribution in [0, 0.1) is 0 Å². The van der Waals surface area contributed by atoms with Gasteiger partial charge in [0, 0.05) is 0 Å². The van der Waals surface area contributed by atoms with Gasteiger partial charge in [-0.1, -0.05) is 0 Å². The lowest BCUT2D eigenvalue weighted by molar-refractivity contribution is -0.160. The van der Waals surface area contributed by atoms with Crippen molar-refractivity contribution in [2.75, 3.05) is 39.6 Å². The van der Waals surface area contributed by atoms with Crippen LogP contribution in [-0.4, -0.2) is 57.5 Å². The smallest absolute Gasteiger partial charge is 0.332 e. The van der Waals surface area contributed by atoms with Crippen molar-refractivity contribution in [2.45, 2.75) is 26.4 Å². The van der Waals surface area contributed by atoms with Crippen LogP contribution in [0.4, 0.5) is 0 Å². The molecule has 0 aromatic rings. The number of carbonyl (C=O) groups excluding carboxylic acids is 2. The van der Waals surface area contributed by atoms with Crippen LogP contribution in [0.25, 0.3) is 0 Å². The highest BCUT2D eigenvalue weighted by atomic mass is 16.6. The summed E-state index contributed by atoms with van der Waals surface area (Å²) < 4.78 is 20.1. The fourth-order valence-electron chi connectivity index (χ4n) is 0.996. The molecule has 6 heteroatoms. The highest BCUT2D eigenvalue weighted by Crippen LogP contribution is 2.06. The molecule has 0 aliphatic heterocycles. The molecule has 0 N–H and O–H groups in total. The Balaban J connectivity index is 3.25. The molecule has 0 saturated carbocycles. The van der Waals surface area contributed by atoms with Crippen molar-refractivity contribution in [1.29, 1.82) is 0 Å². The zero-order chi connectivity index (χ0) is 13.9. The second-order valence-electron chi connectivity index (χ2n) is 4.49. The molecule has 6 nitrogen and oxygen atoms in total. The molecular weight excluding hydrogens is 240 g/mol. The van der Waals surface area contributed by atoms with E-state index in [-0.39, 0.29) is 13.2 Å². The van der Waals surface area contributed by atoms with Gasteiger partial charge in [-0.05, 0) is 20.8 Å². The van der Waals surface area contributed by atoms with E-state index in [1.165, 1.54) is 0 Å². The maximum Gasteiger partial charge on any atom is 0.332 e. The quantitative estimate of drug-likeness (QED) is 0.326. The van der Waals surface area contributed by atoms with Gasteiger partial charge in [-0.2, -0.15) is 0 Å². The molecule has 0 amide bonds. The van der Waals surface area contributed by atoms with Gasteiger partial charge in [0.05, 0.1) is 26.4 Å². The molecule has 0 bridgehead atoms. The zero-order valence-corrected chi connectivity index (χ0v) is 11.3. The fourth-order valence-corrected chi connectivity index (χ4v) is 0.996. The van der Waals surface area contributed by atoms with E-state index in [2.05, 4.69) is 0 Å². The molecule has 0 aliphatic rings. The van der Waals surface area contributed by atoms with Crippen LogP contribution in [-0.2, 0) is 28.5 Å². The van der Waals surface area contributed by atoms with Crippen LogP contribution in [0.2, 0.25) is 0 Å². The van der Waals surface area contributed by atoms with Gasteiger partial charge < -0.3 is 23.7 Å². The Bertz CT molecular complexity index is 233. The average Bonchev–Trinajstić information content (AvgIpc) is 2.24. The third kappa shape index (κ3) is 13.1.